The molecular formula is C18H14ClNO2S3. The minimum atomic E-state index is -0.144. The van der Waals surface area contributed by atoms with Crippen LogP contribution in [0.3, 0.4) is 0 Å². The molecule has 3 nitrogen and oxygen atoms in total. The second-order valence-electron chi connectivity index (χ2n) is 5.07. The quantitative estimate of drug-likeness (QED) is 0.315. The number of carbonyl (C=O) groups is 1. The van der Waals surface area contributed by atoms with Gasteiger partial charge in [0.25, 0.3) is 5.91 Å². The van der Waals surface area contributed by atoms with Crippen molar-refractivity contribution in [1.82, 2.24) is 5.32 Å². The summed E-state index contributed by atoms with van der Waals surface area (Å²) in [6.07, 6.45) is 1.82. The van der Waals surface area contributed by atoms with E-state index in [2.05, 4.69) is 5.32 Å². The molecule has 1 fully saturated rings. The highest BCUT2D eigenvalue weighted by Crippen LogP contribution is 2.26. The molecule has 25 heavy (non-hydrogen) atoms. The van der Waals surface area contributed by atoms with Gasteiger partial charge in [0.15, 0.2) is 0 Å². The third-order valence-corrected chi connectivity index (χ3v) is 5.65. The lowest BCUT2D eigenvalue weighted by atomic mass is 10.2. The molecule has 0 saturated carbocycles. The number of thioether (sulfide) groups is 2. The Balaban J connectivity index is 1.48. The third kappa shape index (κ3) is 5.51. The number of halogens is 1. The Morgan fingerprint density at radius 3 is 2.52 bits per heavy atom. The second kappa shape index (κ2) is 8.76. The normalized spacial score (nSPS) is 15.5. The van der Waals surface area contributed by atoms with Crippen molar-refractivity contribution in [2.45, 2.75) is 4.90 Å². The van der Waals surface area contributed by atoms with E-state index in [0.29, 0.717) is 15.8 Å². The van der Waals surface area contributed by atoms with Crippen LogP contribution in [0.15, 0.2) is 58.3 Å². The Kier molecular flexibility index (Phi) is 6.42. The lowest BCUT2D eigenvalue weighted by molar-refractivity contribution is -0.115. The first-order chi connectivity index (χ1) is 12.1. The number of ether oxygens (including phenoxy) is 1. The van der Waals surface area contributed by atoms with Crippen molar-refractivity contribution in [1.29, 1.82) is 0 Å². The summed E-state index contributed by atoms with van der Waals surface area (Å²) in [6, 6.07) is 15.4. The predicted octanol–water partition coefficient (Wildman–Crippen LogP) is 5.00. The molecule has 1 heterocycles. The molecule has 0 unspecified atom stereocenters. The third-order valence-electron chi connectivity index (χ3n) is 3.25. The summed E-state index contributed by atoms with van der Waals surface area (Å²) >= 11 is 13.8. The minimum Gasteiger partial charge on any atom is -0.493 e. The zero-order valence-corrected chi connectivity index (χ0v) is 16.2. The Morgan fingerprint density at radius 1 is 1.16 bits per heavy atom. The molecular weight excluding hydrogens is 394 g/mol. The summed E-state index contributed by atoms with van der Waals surface area (Å²) in [6.45, 7) is 0.611. The number of nitrogens with one attached hydrogen (secondary N) is 1. The summed E-state index contributed by atoms with van der Waals surface area (Å²) in [5.41, 5.74) is 0.935. The summed E-state index contributed by atoms with van der Waals surface area (Å²) < 4.78 is 6.24. The van der Waals surface area contributed by atoms with Gasteiger partial charge in [0, 0.05) is 15.7 Å². The first-order valence-electron chi connectivity index (χ1n) is 7.46. The SMILES string of the molecule is O=C1NC(=S)S/C1=C\c1ccc(OCCSc2ccc(Cl)cc2)cc1. The van der Waals surface area contributed by atoms with Gasteiger partial charge in [-0.2, -0.15) is 0 Å². The number of benzene rings is 2. The topological polar surface area (TPSA) is 38.3 Å². The van der Waals surface area contributed by atoms with E-state index in [1.165, 1.54) is 16.7 Å². The van der Waals surface area contributed by atoms with Gasteiger partial charge in [-0.05, 0) is 48.0 Å². The van der Waals surface area contributed by atoms with E-state index in [-0.39, 0.29) is 5.91 Å². The first-order valence-corrected chi connectivity index (χ1v) is 10.0. The smallest absolute Gasteiger partial charge is 0.263 e. The van der Waals surface area contributed by atoms with Crippen LogP contribution in [0.2, 0.25) is 5.02 Å². The number of thiocarbonyl (C=S) groups is 1. The number of hydrogen-bond acceptors (Lipinski definition) is 5. The van der Waals surface area contributed by atoms with E-state index >= 15 is 0 Å². The summed E-state index contributed by atoms with van der Waals surface area (Å²) in [5.74, 6) is 1.51. The molecule has 128 valence electrons. The molecule has 1 aliphatic rings. The van der Waals surface area contributed by atoms with E-state index in [1.54, 1.807) is 11.8 Å². The van der Waals surface area contributed by atoms with Gasteiger partial charge >= 0.3 is 0 Å². The molecule has 3 rings (SSSR count). The molecule has 7 heteroatoms. The fourth-order valence-electron chi connectivity index (χ4n) is 2.08. The van der Waals surface area contributed by atoms with Crippen LogP contribution in [0.4, 0.5) is 0 Å². The molecule has 2 aromatic rings. The van der Waals surface area contributed by atoms with Crippen molar-refractivity contribution in [3.05, 3.63) is 64.0 Å². The number of hydrogen-bond donors (Lipinski definition) is 1. The van der Waals surface area contributed by atoms with Crippen molar-refractivity contribution in [2.24, 2.45) is 0 Å². The molecule has 0 spiro atoms. The zero-order valence-electron chi connectivity index (χ0n) is 13.0. The molecule has 0 radical (unpaired) electrons. The van der Waals surface area contributed by atoms with Gasteiger partial charge < -0.3 is 10.1 Å². The highest BCUT2D eigenvalue weighted by Gasteiger charge is 2.21. The standard InChI is InChI=1S/C18H14ClNO2S3/c19-13-3-7-15(8-4-13)24-10-9-22-14-5-1-12(2-6-14)11-16-17(21)20-18(23)25-16/h1-8,11H,9-10H2,(H,20,21,23)/b16-11-. The van der Waals surface area contributed by atoms with Gasteiger partial charge in [-0.1, -0.05) is 47.7 Å². The average Bonchev–Trinajstić information content (AvgIpc) is 2.92. The monoisotopic (exact) mass is 407 g/mol. The second-order valence-corrected chi connectivity index (χ2v) is 8.40. The molecule has 0 bridgehead atoms. The van der Waals surface area contributed by atoms with Gasteiger partial charge in [-0.25, -0.2) is 0 Å². The highest BCUT2D eigenvalue weighted by atomic mass is 35.5. The van der Waals surface area contributed by atoms with Gasteiger partial charge in [0.1, 0.15) is 10.1 Å². The van der Waals surface area contributed by atoms with Crippen LogP contribution in [0.1, 0.15) is 5.56 Å². The lowest BCUT2D eigenvalue weighted by Gasteiger charge is -2.06. The first kappa shape index (κ1) is 18.3. The van der Waals surface area contributed by atoms with Crippen LogP contribution < -0.4 is 10.1 Å². The maximum Gasteiger partial charge on any atom is 0.263 e. The average molecular weight is 408 g/mol. The zero-order chi connectivity index (χ0) is 17.6. The molecule has 1 aliphatic heterocycles. The van der Waals surface area contributed by atoms with Crippen LogP contribution in [-0.4, -0.2) is 22.6 Å². The van der Waals surface area contributed by atoms with Gasteiger partial charge in [0.2, 0.25) is 0 Å². The Bertz CT molecular complexity index is 804. The molecule has 2 aromatic carbocycles. The van der Waals surface area contributed by atoms with Gasteiger partial charge in [-0.3, -0.25) is 4.79 Å². The molecule has 0 aromatic heterocycles. The van der Waals surface area contributed by atoms with E-state index in [9.17, 15) is 4.79 Å². The van der Waals surface area contributed by atoms with Crippen LogP contribution in [0.25, 0.3) is 6.08 Å². The Labute approximate surface area is 165 Å². The van der Waals surface area contributed by atoms with Crippen molar-refractivity contribution in [2.75, 3.05) is 12.4 Å². The van der Waals surface area contributed by atoms with E-state index in [0.717, 1.165) is 22.1 Å². The van der Waals surface area contributed by atoms with Crippen molar-refractivity contribution < 1.29 is 9.53 Å². The lowest BCUT2D eigenvalue weighted by Crippen LogP contribution is -2.17. The molecule has 1 N–H and O–H groups in total. The van der Waals surface area contributed by atoms with Crippen molar-refractivity contribution >= 4 is 63.6 Å². The summed E-state index contributed by atoms with van der Waals surface area (Å²) in [4.78, 5) is 13.4. The summed E-state index contributed by atoms with van der Waals surface area (Å²) in [7, 11) is 0. The van der Waals surface area contributed by atoms with Crippen LogP contribution in [-0.2, 0) is 4.79 Å². The fraction of sp³-hybridized carbons (Fsp3) is 0.111. The molecule has 0 atom stereocenters. The number of amides is 1. The van der Waals surface area contributed by atoms with Gasteiger partial charge in [0.05, 0.1) is 11.5 Å². The van der Waals surface area contributed by atoms with Crippen molar-refractivity contribution in [3.8, 4) is 5.75 Å². The predicted molar refractivity (Wildman–Crippen MR) is 110 cm³/mol. The van der Waals surface area contributed by atoms with E-state index < -0.39 is 0 Å². The summed E-state index contributed by atoms with van der Waals surface area (Å²) in [5, 5.41) is 3.34. The maximum atomic E-state index is 11.6. The molecule has 0 aliphatic carbocycles. The molecule has 1 amide bonds. The molecule has 1 saturated heterocycles. The number of rotatable bonds is 6. The largest absolute Gasteiger partial charge is 0.493 e. The number of carbonyl (C=O) groups excluding carboxylic acids is 1. The van der Waals surface area contributed by atoms with E-state index in [1.807, 2.05) is 54.6 Å². The highest BCUT2D eigenvalue weighted by molar-refractivity contribution is 8.26. The van der Waals surface area contributed by atoms with Crippen LogP contribution in [0, 0.1) is 0 Å². The fourth-order valence-corrected chi connectivity index (χ4v) is 3.98. The van der Waals surface area contributed by atoms with Crippen molar-refractivity contribution in [3.63, 3.8) is 0 Å². The van der Waals surface area contributed by atoms with Crippen LogP contribution >= 0.6 is 47.3 Å². The Hall–Kier alpha value is -1.47. The van der Waals surface area contributed by atoms with Crippen LogP contribution in [0.5, 0.6) is 5.75 Å². The maximum absolute atomic E-state index is 11.6. The van der Waals surface area contributed by atoms with E-state index in [4.69, 9.17) is 28.6 Å². The Morgan fingerprint density at radius 2 is 1.88 bits per heavy atom. The van der Waals surface area contributed by atoms with Gasteiger partial charge in [-0.15, -0.1) is 11.8 Å². The minimum absolute atomic E-state index is 0.144.